The molecule has 0 bridgehead atoms. The second kappa shape index (κ2) is 5.19. The van der Waals surface area contributed by atoms with Crippen LogP contribution in [0.3, 0.4) is 0 Å². The van der Waals surface area contributed by atoms with Gasteiger partial charge >= 0.3 is 0 Å². The molecule has 1 saturated heterocycles. The number of hydrogen-bond acceptors (Lipinski definition) is 3. The summed E-state index contributed by atoms with van der Waals surface area (Å²) in [5.74, 6) is 0.693. The van der Waals surface area contributed by atoms with E-state index < -0.39 is 0 Å². The van der Waals surface area contributed by atoms with Crippen molar-refractivity contribution in [2.24, 2.45) is 13.0 Å². The molecule has 2 atom stereocenters. The lowest BCUT2D eigenvalue weighted by atomic mass is 9.99. The third-order valence-corrected chi connectivity index (χ3v) is 3.68. The van der Waals surface area contributed by atoms with E-state index in [-0.39, 0.29) is 0 Å². The Bertz CT molecular complexity index is 358. The van der Waals surface area contributed by atoms with Gasteiger partial charge in [-0.05, 0) is 12.8 Å². The third kappa shape index (κ3) is 3.07. The van der Waals surface area contributed by atoms with Crippen molar-refractivity contribution in [1.82, 2.24) is 20.0 Å². The number of aryl methyl sites for hydroxylation is 1. The van der Waals surface area contributed by atoms with E-state index in [2.05, 4.69) is 42.3 Å². The molecule has 0 aromatic carbocycles. The minimum absolute atomic E-state index is 0.602. The summed E-state index contributed by atoms with van der Waals surface area (Å²) in [6.45, 7) is 10.1. The molecule has 1 aliphatic heterocycles. The maximum absolute atomic E-state index is 4.24. The average Bonchev–Trinajstić information content (AvgIpc) is 2.67. The average molecular weight is 236 g/mol. The molecule has 0 spiro atoms. The van der Waals surface area contributed by atoms with Crippen molar-refractivity contribution in [2.75, 3.05) is 13.1 Å². The summed E-state index contributed by atoms with van der Waals surface area (Å²) in [6.07, 6.45) is 4.08. The van der Waals surface area contributed by atoms with Crippen molar-refractivity contribution in [3.8, 4) is 0 Å². The van der Waals surface area contributed by atoms with Crippen molar-refractivity contribution in [3.05, 3.63) is 18.0 Å². The lowest BCUT2D eigenvalue weighted by molar-refractivity contribution is 0.116. The van der Waals surface area contributed by atoms with Crippen LogP contribution in [-0.2, 0) is 13.6 Å². The van der Waals surface area contributed by atoms with E-state index in [9.17, 15) is 0 Å². The van der Waals surface area contributed by atoms with Crippen LogP contribution in [0.4, 0.5) is 0 Å². The van der Waals surface area contributed by atoms with Crippen LogP contribution in [0, 0.1) is 5.92 Å². The molecule has 1 aliphatic rings. The van der Waals surface area contributed by atoms with Crippen LogP contribution in [0.15, 0.2) is 12.4 Å². The van der Waals surface area contributed by atoms with Gasteiger partial charge in [0.05, 0.1) is 6.20 Å². The Kier molecular flexibility index (Phi) is 3.84. The lowest BCUT2D eigenvalue weighted by Gasteiger charge is -2.40. The fourth-order valence-corrected chi connectivity index (χ4v) is 2.40. The van der Waals surface area contributed by atoms with Crippen LogP contribution in [0.25, 0.3) is 0 Å². The second-order valence-electron chi connectivity index (χ2n) is 5.56. The van der Waals surface area contributed by atoms with Gasteiger partial charge in [0, 0.05) is 50.5 Å². The van der Waals surface area contributed by atoms with Crippen LogP contribution in [0.5, 0.6) is 0 Å². The van der Waals surface area contributed by atoms with Gasteiger partial charge in [0.2, 0.25) is 0 Å². The van der Waals surface area contributed by atoms with E-state index in [1.807, 2.05) is 17.9 Å². The molecular formula is C13H24N4. The summed E-state index contributed by atoms with van der Waals surface area (Å²) in [7, 11) is 1.97. The number of aromatic nitrogens is 2. The van der Waals surface area contributed by atoms with Crippen molar-refractivity contribution in [3.63, 3.8) is 0 Å². The van der Waals surface area contributed by atoms with E-state index in [1.165, 1.54) is 5.56 Å². The number of hydrogen-bond donors (Lipinski definition) is 1. The molecule has 2 unspecified atom stereocenters. The van der Waals surface area contributed by atoms with Gasteiger partial charge in [0.25, 0.3) is 0 Å². The van der Waals surface area contributed by atoms with Crippen molar-refractivity contribution in [1.29, 1.82) is 0 Å². The number of nitrogens with one attached hydrogen (secondary N) is 1. The summed E-state index contributed by atoms with van der Waals surface area (Å²) < 4.78 is 1.88. The lowest BCUT2D eigenvalue weighted by Crippen LogP contribution is -2.56. The Morgan fingerprint density at radius 2 is 2.29 bits per heavy atom. The summed E-state index contributed by atoms with van der Waals surface area (Å²) in [6, 6.07) is 1.22. The van der Waals surface area contributed by atoms with Gasteiger partial charge in [0.1, 0.15) is 0 Å². The first-order valence-corrected chi connectivity index (χ1v) is 6.51. The van der Waals surface area contributed by atoms with Gasteiger partial charge in [-0.25, -0.2) is 0 Å². The molecule has 96 valence electrons. The molecule has 0 radical (unpaired) electrons. The maximum Gasteiger partial charge on any atom is 0.0534 e. The van der Waals surface area contributed by atoms with Crippen LogP contribution in [0.2, 0.25) is 0 Å². The zero-order valence-electron chi connectivity index (χ0n) is 11.3. The molecule has 2 heterocycles. The quantitative estimate of drug-likeness (QED) is 0.857. The van der Waals surface area contributed by atoms with Crippen LogP contribution in [-0.4, -0.2) is 39.9 Å². The summed E-state index contributed by atoms with van der Waals surface area (Å²) in [5.41, 5.74) is 1.31. The zero-order chi connectivity index (χ0) is 12.4. The van der Waals surface area contributed by atoms with Crippen LogP contribution >= 0.6 is 0 Å². The van der Waals surface area contributed by atoms with E-state index in [0.717, 1.165) is 19.6 Å². The first kappa shape index (κ1) is 12.6. The van der Waals surface area contributed by atoms with Crippen LogP contribution in [0.1, 0.15) is 26.3 Å². The Labute approximate surface area is 104 Å². The van der Waals surface area contributed by atoms with Gasteiger partial charge in [-0.1, -0.05) is 13.8 Å². The molecule has 1 aromatic heterocycles. The largest absolute Gasteiger partial charge is 0.311 e. The third-order valence-electron chi connectivity index (χ3n) is 3.68. The van der Waals surface area contributed by atoms with E-state index in [0.29, 0.717) is 18.0 Å². The fraction of sp³-hybridized carbons (Fsp3) is 0.769. The fourth-order valence-electron chi connectivity index (χ4n) is 2.40. The van der Waals surface area contributed by atoms with E-state index >= 15 is 0 Å². The molecule has 17 heavy (non-hydrogen) atoms. The highest BCUT2D eigenvalue weighted by molar-refractivity contribution is 5.04. The molecule has 0 amide bonds. The van der Waals surface area contributed by atoms with E-state index in [1.54, 1.807) is 0 Å². The SMILES string of the molecule is CC(C)C1CN(Cc2cnn(C)c2)C(C)CN1. The second-order valence-corrected chi connectivity index (χ2v) is 5.56. The number of rotatable bonds is 3. The highest BCUT2D eigenvalue weighted by Crippen LogP contribution is 2.15. The molecule has 1 N–H and O–H groups in total. The molecule has 0 saturated carbocycles. The molecule has 2 rings (SSSR count). The van der Waals surface area contributed by atoms with E-state index in [4.69, 9.17) is 0 Å². The molecule has 1 fully saturated rings. The standard InChI is InChI=1S/C13H24N4/c1-10(2)13-9-17(11(3)5-14-13)8-12-6-15-16(4)7-12/h6-7,10-11,13-14H,5,8-9H2,1-4H3. The maximum atomic E-state index is 4.24. The van der Waals surface area contributed by atoms with Crippen molar-refractivity contribution < 1.29 is 0 Å². The molecule has 4 heteroatoms. The monoisotopic (exact) mass is 236 g/mol. The van der Waals surface area contributed by atoms with Crippen molar-refractivity contribution >= 4 is 0 Å². The topological polar surface area (TPSA) is 33.1 Å². The van der Waals surface area contributed by atoms with Gasteiger partial charge in [-0.15, -0.1) is 0 Å². The molecule has 4 nitrogen and oxygen atoms in total. The van der Waals surface area contributed by atoms with Crippen molar-refractivity contribution in [2.45, 2.75) is 39.4 Å². The summed E-state index contributed by atoms with van der Waals surface area (Å²) >= 11 is 0. The highest BCUT2D eigenvalue weighted by Gasteiger charge is 2.26. The predicted octanol–water partition coefficient (Wildman–Crippen LogP) is 1.24. The normalized spacial score (nSPS) is 26.6. The minimum Gasteiger partial charge on any atom is -0.311 e. The number of nitrogens with zero attached hydrogens (tertiary/aromatic N) is 3. The summed E-state index contributed by atoms with van der Waals surface area (Å²) in [5, 5.41) is 7.86. The zero-order valence-corrected chi connectivity index (χ0v) is 11.3. The number of piperazine rings is 1. The first-order valence-electron chi connectivity index (χ1n) is 6.51. The first-order chi connectivity index (χ1) is 8.06. The summed E-state index contributed by atoms with van der Waals surface area (Å²) in [4.78, 5) is 2.55. The highest BCUT2D eigenvalue weighted by atomic mass is 15.3. The molecule has 1 aromatic rings. The van der Waals surface area contributed by atoms with Gasteiger partial charge in [-0.2, -0.15) is 5.10 Å². The molecule has 0 aliphatic carbocycles. The smallest absolute Gasteiger partial charge is 0.0534 e. The Morgan fingerprint density at radius 3 is 2.88 bits per heavy atom. The van der Waals surface area contributed by atoms with Gasteiger partial charge in [-0.3, -0.25) is 9.58 Å². The van der Waals surface area contributed by atoms with Crippen LogP contribution < -0.4 is 5.32 Å². The van der Waals surface area contributed by atoms with Gasteiger partial charge in [0.15, 0.2) is 0 Å². The Balaban J connectivity index is 1.98. The minimum atomic E-state index is 0.602. The predicted molar refractivity (Wildman–Crippen MR) is 69.7 cm³/mol. The Morgan fingerprint density at radius 1 is 1.53 bits per heavy atom. The van der Waals surface area contributed by atoms with Gasteiger partial charge < -0.3 is 5.32 Å². The Hall–Kier alpha value is -0.870. The molecular weight excluding hydrogens is 212 g/mol.